The summed E-state index contributed by atoms with van der Waals surface area (Å²) in [5, 5.41) is 11.2. The third kappa shape index (κ3) is 2.95. The molecule has 2 heterocycles. The van der Waals surface area contributed by atoms with Crippen LogP contribution in [-0.4, -0.2) is 10.1 Å². The molecule has 0 amide bonds. The fraction of sp³-hybridized carbons (Fsp3) is 0.0769. The van der Waals surface area contributed by atoms with E-state index in [-0.39, 0.29) is 0 Å². The number of nitrogens with zero attached hydrogens (tertiary/aromatic N) is 2. The molecule has 0 saturated carbocycles. The van der Waals surface area contributed by atoms with E-state index in [9.17, 15) is 0 Å². The van der Waals surface area contributed by atoms with Gasteiger partial charge in [-0.2, -0.15) is 16.3 Å². The van der Waals surface area contributed by atoms with Gasteiger partial charge >= 0.3 is 0 Å². The van der Waals surface area contributed by atoms with Crippen molar-refractivity contribution in [2.45, 2.75) is 6.54 Å². The predicted molar refractivity (Wildman–Crippen MR) is 84.1 cm³/mol. The summed E-state index contributed by atoms with van der Waals surface area (Å²) in [7, 11) is 0. The Morgan fingerprint density at radius 1 is 1.26 bits per heavy atom. The van der Waals surface area contributed by atoms with Crippen molar-refractivity contribution in [2.24, 2.45) is 0 Å². The van der Waals surface area contributed by atoms with Crippen LogP contribution in [0.25, 0.3) is 11.5 Å². The summed E-state index contributed by atoms with van der Waals surface area (Å²) in [5.41, 5.74) is 2.04. The number of thiophene rings is 1. The number of hydrogen-bond acceptors (Lipinski definition) is 5. The predicted octanol–water partition coefficient (Wildman–Crippen LogP) is 4.01. The molecule has 0 spiro atoms. The highest BCUT2D eigenvalue weighted by molar-refractivity contribution is 14.1. The van der Waals surface area contributed by atoms with Gasteiger partial charge in [-0.3, -0.25) is 0 Å². The fourth-order valence-corrected chi connectivity index (χ4v) is 2.82. The first kappa shape index (κ1) is 12.6. The molecule has 3 aromatic rings. The van der Waals surface area contributed by atoms with Crippen molar-refractivity contribution in [1.82, 2.24) is 10.1 Å². The van der Waals surface area contributed by atoms with Crippen LogP contribution in [0.5, 0.6) is 0 Å². The molecule has 0 fully saturated rings. The average molecular weight is 383 g/mol. The van der Waals surface area contributed by atoms with Gasteiger partial charge in [0.1, 0.15) is 0 Å². The van der Waals surface area contributed by atoms with Gasteiger partial charge in [-0.25, -0.2) is 0 Å². The first-order chi connectivity index (χ1) is 9.33. The number of halogens is 1. The van der Waals surface area contributed by atoms with Gasteiger partial charge in [-0.15, -0.1) is 0 Å². The maximum absolute atomic E-state index is 5.23. The maximum Gasteiger partial charge on any atom is 0.258 e. The molecule has 0 radical (unpaired) electrons. The standard InChI is InChI=1S/C13H10IN3OS/c14-10-3-1-2-4-11(10)15-7-12-16-13(18-17-12)9-5-6-19-8-9/h1-6,8,15H,7H2. The molecule has 0 aliphatic carbocycles. The number of anilines is 1. The van der Waals surface area contributed by atoms with Gasteiger partial charge < -0.3 is 9.84 Å². The first-order valence-corrected chi connectivity index (χ1v) is 7.68. The van der Waals surface area contributed by atoms with E-state index in [0.29, 0.717) is 18.3 Å². The Morgan fingerprint density at radius 2 is 2.16 bits per heavy atom. The monoisotopic (exact) mass is 383 g/mol. The second-order valence-electron chi connectivity index (χ2n) is 3.86. The molecule has 19 heavy (non-hydrogen) atoms. The molecule has 4 nitrogen and oxygen atoms in total. The number of rotatable bonds is 4. The van der Waals surface area contributed by atoms with Gasteiger partial charge in [0, 0.05) is 14.6 Å². The van der Waals surface area contributed by atoms with E-state index in [2.05, 4.69) is 44.1 Å². The Labute approximate surface area is 128 Å². The van der Waals surface area contributed by atoms with Crippen molar-refractivity contribution < 1.29 is 4.52 Å². The van der Waals surface area contributed by atoms with Crippen LogP contribution in [0.2, 0.25) is 0 Å². The van der Waals surface area contributed by atoms with Crippen LogP contribution in [0.15, 0.2) is 45.6 Å². The van der Waals surface area contributed by atoms with Crippen LogP contribution >= 0.6 is 33.9 Å². The van der Waals surface area contributed by atoms with Crippen molar-refractivity contribution in [3.63, 3.8) is 0 Å². The lowest BCUT2D eigenvalue weighted by Crippen LogP contribution is -2.02. The number of nitrogens with one attached hydrogen (secondary N) is 1. The van der Waals surface area contributed by atoms with Crippen molar-refractivity contribution in [3.8, 4) is 11.5 Å². The number of para-hydroxylation sites is 1. The maximum atomic E-state index is 5.23. The van der Waals surface area contributed by atoms with Crippen molar-refractivity contribution in [2.75, 3.05) is 5.32 Å². The third-order valence-electron chi connectivity index (χ3n) is 2.55. The molecular formula is C13H10IN3OS. The molecule has 0 bridgehead atoms. The SMILES string of the molecule is Ic1ccccc1NCc1noc(-c2ccsc2)n1. The van der Waals surface area contributed by atoms with Crippen LogP contribution in [-0.2, 0) is 6.54 Å². The molecule has 1 aromatic carbocycles. The van der Waals surface area contributed by atoms with Crippen molar-refractivity contribution >= 4 is 39.6 Å². The summed E-state index contributed by atoms with van der Waals surface area (Å²) in [6, 6.07) is 10.1. The lowest BCUT2D eigenvalue weighted by molar-refractivity contribution is 0.423. The van der Waals surface area contributed by atoms with Crippen LogP contribution in [0.4, 0.5) is 5.69 Å². The van der Waals surface area contributed by atoms with Gasteiger partial charge in [0.25, 0.3) is 5.89 Å². The highest BCUT2D eigenvalue weighted by Crippen LogP contribution is 2.21. The molecule has 1 N–H and O–H groups in total. The molecule has 0 atom stereocenters. The Morgan fingerprint density at radius 3 is 2.95 bits per heavy atom. The summed E-state index contributed by atoms with van der Waals surface area (Å²) in [6.07, 6.45) is 0. The minimum absolute atomic E-state index is 0.549. The Balaban J connectivity index is 1.70. The Kier molecular flexibility index (Phi) is 3.79. The van der Waals surface area contributed by atoms with Gasteiger partial charge in [0.15, 0.2) is 5.82 Å². The van der Waals surface area contributed by atoms with E-state index in [1.807, 2.05) is 35.0 Å². The van der Waals surface area contributed by atoms with Gasteiger partial charge in [-0.05, 0) is 46.2 Å². The topological polar surface area (TPSA) is 51.0 Å². The molecule has 0 unspecified atom stereocenters. The largest absolute Gasteiger partial charge is 0.377 e. The van der Waals surface area contributed by atoms with E-state index in [1.54, 1.807) is 11.3 Å². The molecule has 0 aliphatic rings. The summed E-state index contributed by atoms with van der Waals surface area (Å²) in [5.74, 6) is 1.22. The van der Waals surface area contributed by atoms with Gasteiger partial charge in [0.05, 0.1) is 12.1 Å². The second kappa shape index (κ2) is 5.70. The van der Waals surface area contributed by atoms with E-state index in [1.165, 1.54) is 3.57 Å². The van der Waals surface area contributed by atoms with Gasteiger partial charge in [-0.1, -0.05) is 17.3 Å². The van der Waals surface area contributed by atoms with Crippen LogP contribution in [0.3, 0.4) is 0 Å². The van der Waals surface area contributed by atoms with E-state index in [0.717, 1.165) is 11.3 Å². The molecule has 6 heteroatoms. The normalized spacial score (nSPS) is 10.6. The average Bonchev–Trinajstić information content (AvgIpc) is 3.09. The Bertz CT molecular complexity index is 666. The summed E-state index contributed by atoms with van der Waals surface area (Å²) >= 11 is 3.90. The van der Waals surface area contributed by atoms with Crippen LogP contribution < -0.4 is 5.32 Å². The minimum atomic E-state index is 0.549. The summed E-state index contributed by atoms with van der Waals surface area (Å²) in [4.78, 5) is 4.36. The quantitative estimate of drug-likeness (QED) is 0.692. The third-order valence-corrected chi connectivity index (χ3v) is 4.17. The first-order valence-electron chi connectivity index (χ1n) is 5.66. The second-order valence-corrected chi connectivity index (χ2v) is 5.80. The van der Waals surface area contributed by atoms with E-state index < -0.39 is 0 Å². The molecule has 96 valence electrons. The molecule has 2 aromatic heterocycles. The minimum Gasteiger partial charge on any atom is -0.377 e. The lowest BCUT2D eigenvalue weighted by Gasteiger charge is -2.04. The summed E-state index contributed by atoms with van der Waals surface area (Å²) < 4.78 is 6.40. The van der Waals surface area contributed by atoms with Gasteiger partial charge in [0.2, 0.25) is 0 Å². The molecule has 0 saturated heterocycles. The number of hydrogen-bond donors (Lipinski definition) is 1. The number of benzene rings is 1. The van der Waals surface area contributed by atoms with Crippen LogP contribution in [0, 0.1) is 3.57 Å². The zero-order chi connectivity index (χ0) is 13.1. The summed E-state index contributed by atoms with van der Waals surface area (Å²) in [6.45, 7) is 0.549. The Hall–Kier alpha value is -1.41. The van der Waals surface area contributed by atoms with E-state index >= 15 is 0 Å². The molecule has 3 rings (SSSR count). The molecular weight excluding hydrogens is 373 g/mol. The molecule has 0 aliphatic heterocycles. The highest BCUT2D eigenvalue weighted by atomic mass is 127. The van der Waals surface area contributed by atoms with Crippen LogP contribution in [0.1, 0.15) is 5.82 Å². The fourth-order valence-electron chi connectivity index (χ4n) is 1.61. The number of aromatic nitrogens is 2. The van der Waals surface area contributed by atoms with Crippen molar-refractivity contribution in [1.29, 1.82) is 0 Å². The van der Waals surface area contributed by atoms with Crippen molar-refractivity contribution in [3.05, 3.63) is 50.5 Å². The lowest BCUT2D eigenvalue weighted by atomic mass is 10.3. The smallest absolute Gasteiger partial charge is 0.258 e. The zero-order valence-corrected chi connectivity index (χ0v) is 12.8. The highest BCUT2D eigenvalue weighted by Gasteiger charge is 2.09. The zero-order valence-electron chi connectivity index (χ0n) is 9.84. The van der Waals surface area contributed by atoms with E-state index in [4.69, 9.17) is 4.52 Å².